The van der Waals surface area contributed by atoms with Gasteiger partial charge in [0.25, 0.3) is 0 Å². The summed E-state index contributed by atoms with van der Waals surface area (Å²) >= 11 is 5.84. The third-order valence-corrected chi connectivity index (χ3v) is 3.06. The molecule has 3 heteroatoms. The number of hydrogen-bond donors (Lipinski definition) is 1. The van der Waals surface area contributed by atoms with Gasteiger partial charge in [-0.2, -0.15) is 0 Å². The largest absolute Gasteiger partial charge is 0.329 e. The summed E-state index contributed by atoms with van der Waals surface area (Å²) in [5.41, 5.74) is 7.05. The smallest absolute Gasteiger partial charge is 0.0470 e. The second kappa shape index (κ2) is 4.30. The molecule has 1 heterocycles. The van der Waals surface area contributed by atoms with E-state index >= 15 is 0 Å². The number of halogens is 1. The van der Waals surface area contributed by atoms with Crippen molar-refractivity contribution in [2.24, 2.45) is 5.73 Å². The van der Waals surface area contributed by atoms with Crippen LogP contribution in [0.5, 0.6) is 0 Å². The molecule has 0 spiro atoms. The molecule has 2 N–H and O–H groups in total. The molecule has 2 rings (SSSR count). The lowest BCUT2D eigenvalue weighted by molar-refractivity contribution is 0.122. The van der Waals surface area contributed by atoms with Gasteiger partial charge < -0.3 is 5.73 Å². The van der Waals surface area contributed by atoms with Crippen LogP contribution in [0.3, 0.4) is 0 Å². The predicted molar refractivity (Wildman–Crippen MR) is 59.4 cm³/mol. The molecule has 1 unspecified atom stereocenters. The maximum absolute atomic E-state index is 5.84. The number of hydrogen-bond acceptors (Lipinski definition) is 2. The van der Waals surface area contributed by atoms with Gasteiger partial charge in [0, 0.05) is 30.7 Å². The molecule has 1 fully saturated rings. The average molecular weight is 211 g/mol. The van der Waals surface area contributed by atoms with Gasteiger partial charge >= 0.3 is 0 Å². The van der Waals surface area contributed by atoms with E-state index in [1.165, 1.54) is 25.1 Å². The van der Waals surface area contributed by atoms with E-state index < -0.39 is 0 Å². The molecule has 76 valence electrons. The number of likely N-dealkylation sites (tertiary alicyclic amines) is 1. The molecule has 0 amide bonds. The zero-order valence-corrected chi connectivity index (χ0v) is 8.87. The highest BCUT2D eigenvalue weighted by Gasteiger charge is 2.23. The van der Waals surface area contributed by atoms with Crippen LogP contribution in [0, 0.1) is 0 Å². The van der Waals surface area contributed by atoms with Crippen molar-refractivity contribution in [2.75, 3.05) is 19.6 Å². The van der Waals surface area contributed by atoms with Crippen molar-refractivity contribution in [3.63, 3.8) is 0 Å². The van der Waals surface area contributed by atoms with E-state index in [1.54, 1.807) is 0 Å². The van der Waals surface area contributed by atoms with E-state index in [-0.39, 0.29) is 0 Å². The summed E-state index contributed by atoms with van der Waals surface area (Å²) in [6.07, 6.45) is 1.30. The summed E-state index contributed by atoms with van der Waals surface area (Å²) < 4.78 is 0. The van der Waals surface area contributed by atoms with E-state index in [0.29, 0.717) is 12.6 Å². The van der Waals surface area contributed by atoms with E-state index in [0.717, 1.165) is 5.02 Å². The number of rotatable bonds is 3. The Bertz CT molecular complexity index is 293. The Balaban J connectivity index is 2.14. The highest BCUT2D eigenvalue weighted by molar-refractivity contribution is 6.30. The summed E-state index contributed by atoms with van der Waals surface area (Å²) in [4.78, 5) is 2.41. The molecule has 0 radical (unpaired) electrons. The summed E-state index contributed by atoms with van der Waals surface area (Å²) in [5, 5.41) is 0.785. The average Bonchev–Trinajstić information content (AvgIpc) is 2.13. The lowest BCUT2D eigenvalue weighted by Gasteiger charge is -2.38. The van der Waals surface area contributed by atoms with Crippen molar-refractivity contribution >= 4 is 11.6 Å². The molecule has 0 aliphatic carbocycles. The van der Waals surface area contributed by atoms with Crippen LogP contribution in [-0.4, -0.2) is 24.5 Å². The van der Waals surface area contributed by atoms with Crippen molar-refractivity contribution in [2.45, 2.75) is 12.5 Å². The van der Waals surface area contributed by atoms with Crippen LogP contribution >= 0.6 is 11.6 Å². The van der Waals surface area contributed by atoms with Crippen LogP contribution in [0.1, 0.15) is 18.0 Å². The molecule has 0 saturated carbocycles. The lowest BCUT2D eigenvalue weighted by Crippen LogP contribution is -2.43. The van der Waals surface area contributed by atoms with Gasteiger partial charge in [-0.05, 0) is 24.1 Å². The molecule has 1 aliphatic rings. The van der Waals surface area contributed by atoms with Gasteiger partial charge in [-0.15, -0.1) is 0 Å². The summed E-state index contributed by atoms with van der Waals surface area (Å²) in [5.74, 6) is 0. The molecule has 1 aromatic rings. The highest BCUT2D eigenvalue weighted by atomic mass is 35.5. The third-order valence-electron chi connectivity index (χ3n) is 2.81. The zero-order valence-electron chi connectivity index (χ0n) is 8.12. The quantitative estimate of drug-likeness (QED) is 0.828. The van der Waals surface area contributed by atoms with Crippen molar-refractivity contribution in [3.8, 4) is 0 Å². The minimum absolute atomic E-state index is 0.376. The minimum atomic E-state index is 0.376. The van der Waals surface area contributed by atoms with Crippen LogP contribution < -0.4 is 5.73 Å². The van der Waals surface area contributed by atoms with Gasteiger partial charge in [0.2, 0.25) is 0 Å². The van der Waals surface area contributed by atoms with E-state index in [1.807, 2.05) is 12.1 Å². The van der Waals surface area contributed by atoms with Crippen LogP contribution in [0.2, 0.25) is 5.02 Å². The maximum Gasteiger partial charge on any atom is 0.0470 e. The predicted octanol–water partition coefficient (Wildman–Crippen LogP) is 2.05. The second-order valence-electron chi connectivity index (χ2n) is 3.69. The van der Waals surface area contributed by atoms with Crippen LogP contribution in [0.4, 0.5) is 0 Å². The number of benzene rings is 1. The molecule has 1 atom stereocenters. The molecule has 0 bridgehead atoms. The fourth-order valence-corrected chi connectivity index (χ4v) is 1.96. The van der Waals surface area contributed by atoms with Gasteiger partial charge in [0.1, 0.15) is 0 Å². The fraction of sp³-hybridized carbons (Fsp3) is 0.455. The SMILES string of the molecule is NCC(c1ccc(Cl)cc1)N1CCC1. The first-order chi connectivity index (χ1) is 6.81. The van der Waals surface area contributed by atoms with Crippen LogP contribution in [0.25, 0.3) is 0 Å². The molecule has 14 heavy (non-hydrogen) atoms. The topological polar surface area (TPSA) is 29.3 Å². The first-order valence-corrected chi connectivity index (χ1v) is 5.38. The molecule has 1 saturated heterocycles. The van der Waals surface area contributed by atoms with E-state index in [4.69, 9.17) is 17.3 Å². The van der Waals surface area contributed by atoms with Crippen molar-refractivity contribution in [1.82, 2.24) is 4.90 Å². The molecule has 1 aromatic carbocycles. The Morgan fingerprint density at radius 2 is 1.93 bits per heavy atom. The molecular formula is C11H15ClN2. The molecule has 2 nitrogen and oxygen atoms in total. The van der Waals surface area contributed by atoms with Gasteiger partial charge in [-0.1, -0.05) is 23.7 Å². The second-order valence-corrected chi connectivity index (χ2v) is 4.13. The Morgan fingerprint density at radius 3 is 2.36 bits per heavy atom. The Labute approximate surface area is 89.7 Å². The normalized spacial score (nSPS) is 19.0. The highest BCUT2D eigenvalue weighted by Crippen LogP contribution is 2.25. The lowest BCUT2D eigenvalue weighted by atomic mass is 10.0. The van der Waals surface area contributed by atoms with Gasteiger partial charge in [0.05, 0.1) is 0 Å². The van der Waals surface area contributed by atoms with Gasteiger partial charge in [-0.3, -0.25) is 4.90 Å². The summed E-state index contributed by atoms with van der Waals surface area (Å²) in [6, 6.07) is 8.37. The standard InChI is InChI=1S/C11H15ClN2/c12-10-4-2-9(3-5-10)11(8-13)14-6-1-7-14/h2-5,11H,1,6-8,13H2. The van der Waals surface area contributed by atoms with Crippen molar-refractivity contribution < 1.29 is 0 Å². The Kier molecular flexibility index (Phi) is 3.06. The summed E-state index contributed by atoms with van der Waals surface area (Å²) in [7, 11) is 0. The molecule has 1 aliphatic heterocycles. The maximum atomic E-state index is 5.84. The number of nitrogens with two attached hydrogens (primary N) is 1. The monoisotopic (exact) mass is 210 g/mol. The Hall–Kier alpha value is -0.570. The van der Waals surface area contributed by atoms with Gasteiger partial charge in [-0.25, -0.2) is 0 Å². The third kappa shape index (κ3) is 1.92. The minimum Gasteiger partial charge on any atom is -0.329 e. The first-order valence-electron chi connectivity index (χ1n) is 5.01. The van der Waals surface area contributed by atoms with Crippen LogP contribution in [-0.2, 0) is 0 Å². The van der Waals surface area contributed by atoms with E-state index in [2.05, 4.69) is 17.0 Å². The zero-order chi connectivity index (χ0) is 9.97. The fourth-order valence-electron chi connectivity index (χ4n) is 1.83. The molecular weight excluding hydrogens is 196 g/mol. The Morgan fingerprint density at radius 1 is 1.29 bits per heavy atom. The first kappa shape index (κ1) is 9.97. The number of nitrogens with zero attached hydrogens (tertiary/aromatic N) is 1. The van der Waals surface area contributed by atoms with Crippen LogP contribution in [0.15, 0.2) is 24.3 Å². The van der Waals surface area contributed by atoms with Crippen molar-refractivity contribution in [3.05, 3.63) is 34.9 Å². The van der Waals surface area contributed by atoms with Gasteiger partial charge in [0.15, 0.2) is 0 Å². The summed E-state index contributed by atoms with van der Waals surface area (Å²) in [6.45, 7) is 3.02. The molecule has 0 aromatic heterocycles. The van der Waals surface area contributed by atoms with Crippen molar-refractivity contribution in [1.29, 1.82) is 0 Å². The van der Waals surface area contributed by atoms with E-state index in [9.17, 15) is 0 Å².